The number of tetrazole rings is 2. The van der Waals surface area contributed by atoms with E-state index in [1.165, 1.54) is 9.48 Å². The minimum absolute atomic E-state index is 0.0988. The molecule has 2 amide bonds. The number of nitrogens with zero attached hydrogens (tertiary/aromatic N) is 12. The van der Waals surface area contributed by atoms with Gasteiger partial charge in [0.2, 0.25) is 0 Å². The molecule has 6 rings (SSSR count). The monoisotopic (exact) mass is 1050 g/mol. The zero-order valence-corrected chi connectivity index (χ0v) is 45.7. The number of aromatic nitrogens is 12. The van der Waals surface area contributed by atoms with Crippen molar-refractivity contribution in [2.75, 3.05) is 13.2 Å². The molecule has 2 N–H and O–H groups in total. The van der Waals surface area contributed by atoms with Gasteiger partial charge in [0.05, 0.1) is 12.1 Å². The lowest BCUT2D eigenvalue weighted by atomic mass is 10.1. The molecule has 0 bridgehead atoms. The number of hydrogen-bond acceptors (Lipinski definition) is 16. The first kappa shape index (κ1) is 57.6. The predicted molar refractivity (Wildman–Crippen MR) is 284 cm³/mol. The Kier molecular flexibility index (Phi) is 22.9. The number of nitrogens with one attached hydrogen (secondary N) is 2. The highest BCUT2D eigenvalue weighted by molar-refractivity contribution is 6.76. The molecule has 2 atom stereocenters. The number of Topliss-reactive ketones (excluding diaryl/α,β-unsaturated/α-hetero) is 2. The third-order valence-corrected chi connectivity index (χ3v) is 14.4. The fraction of sp³-hybridized carbons (Fsp3) is 0.440. The molecular formula is C50H70N14O8Si2. The summed E-state index contributed by atoms with van der Waals surface area (Å²) in [5.41, 5.74) is 1.72. The molecule has 4 aromatic heterocycles. The highest BCUT2D eigenvalue weighted by Gasteiger charge is 2.23. The van der Waals surface area contributed by atoms with Crippen molar-refractivity contribution in [1.29, 1.82) is 0 Å². The van der Waals surface area contributed by atoms with Gasteiger partial charge in [0.25, 0.3) is 0 Å². The summed E-state index contributed by atoms with van der Waals surface area (Å²) < 4.78 is 27.2. The topological polar surface area (TPSA) is 252 Å². The SMILES string of the molecule is CCC(NC(=O)OCc1ccccc1)C(=O)Cn1nnc(/C=C/c2nccn2COCC[Si](C)(C)C)n1.CCC(NC(=O)OCc1ccccc1)C(=O)Cn1nnnc1/C=C/c1nccn1COCC[Si](C)(C)C. The van der Waals surface area contributed by atoms with Gasteiger partial charge in [0.15, 0.2) is 23.2 Å². The summed E-state index contributed by atoms with van der Waals surface area (Å²) in [7, 11) is -2.29. The first-order valence-electron chi connectivity index (χ1n) is 24.6. The van der Waals surface area contributed by atoms with Crippen molar-refractivity contribution in [1.82, 2.24) is 70.2 Å². The zero-order chi connectivity index (χ0) is 53.4. The molecule has 4 heterocycles. The first-order valence-corrected chi connectivity index (χ1v) is 32.0. The third kappa shape index (κ3) is 21.0. The fourth-order valence-electron chi connectivity index (χ4n) is 6.53. The molecule has 6 aromatic rings. The summed E-state index contributed by atoms with van der Waals surface area (Å²) in [6, 6.07) is 19.4. The van der Waals surface area contributed by atoms with E-state index in [0.29, 0.717) is 56.2 Å². The Labute approximate surface area is 433 Å². The Morgan fingerprint density at radius 1 is 0.608 bits per heavy atom. The molecule has 0 fully saturated rings. The van der Waals surface area contributed by atoms with Crippen molar-refractivity contribution < 1.29 is 38.1 Å². The molecule has 24 heteroatoms. The molecule has 2 aromatic carbocycles. The second kappa shape index (κ2) is 29.4. The lowest BCUT2D eigenvalue weighted by Crippen LogP contribution is -2.42. The van der Waals surface area contributed by atoms with E-state index < -0.39 is 40.4 Å². The molecule has 2 unspecified atom stereocenters. The van der Waals surface area contributed by atoms with Crippen LogP contribution in [-0.2, 0) is 68.3 Å². The number of carbonyl (C=O) groups excluding carboxylic acids is 4. The van der Waals surface area contributed by atoms with Crippen LogP contribution in [-0.4, -0.2) is 125 Å². The summed E-state index contributed by atoms with van der Waals surface area (Å²) in [5, 5.41) is 29.0. The van der Waals surface area contributed by atoms with Gasteiger partial charge in [-0.1, -0.05) is 114 Å². The van der Waals surface area contributed by atoms with Crippen LogP contribution in [0.15, 0.2) is 85.5 Å². The molecule has 22 nitrogen and oxygen atoms in total. The Hall–Kier alpha value is -7.29. The standard InChI is InChI=1S/2C25H35N7O4Si/c1-5-21(27-25(34)36-18-20-9-7-6-8-10-20)22(33)17-32-29-23(28-30-32)11-12-24-26-13-14-31(24)19-35-15-16-37(2,3)4;1-5-21(27-25(34)36-18-20-9-7-6-8-10-20)22(33)17-32-24(28-29-30-32)12-11-23-26-13-14-31(23)19-35-15-16-37(2,3)4/h2*6-14,21H,5,15-19H2,1-4H3,(H,27,34)/b2*12-11+. The number of carbonyl (C=O) groups is 4. The summed E-state index contributed by atoms with van der Waals surface area (Å²) in [5.74, 6) is 1.62. The summed E-state index contributed by atoms with van der Waals surface area (Å²) in [6.45, 7) is 19.8. The third-order valence-electron chi connectivity index (χ3n) is 10.9. The van der Waals surface area contributed by atoms with Crippen LogP contribution in [0.3, 0.4) is 0 Å². The molecule has 0 saturated heterocycles. The summed E-state index contributed by atoms with van der Waals surface area (Å²) in [6.07, 6.45) is 13.5. The van der Waals surface area contributed by atoms with Crippen LogP contribution < -0.4 is 10.6 Å². The molecular weight excluding hydrogens is 981 g/mol. The van der Waals surface area contributed by atoms with Crippen molar-refractivity contribution in [2.45, 2.75) is 130 Å². The van der Waals surface area contributed by atoms with Gasteiger partial charge in [-0.2, -0.15) is 4.80 Å². The average Bonchev–Trinajstić information content (AvgIpc) is 4.22. The van der Waals surface area contributed by atoms with Crippen molar-refractivity contribution >= 4 is 64.2 Å². The fourth-order valence-corrected chi connectivity index (χ4v) is 8.05. The van der Waals surface area contributed by atoms with Crippen LogP contribution >= 0.6 is 0 Å². The van der Waals surface area contributed by atoms with Gasteiger partial charge < -0.3 is 38.7 Å². The van der Waals surface area contributed by atoms with Gasteiger partial charge in [-0.25, -0.2) is 24.2 Å². The van der Waals surface area contributed by atoms with E-state index in [1.807, 2.05) is 89.1 Å². The lowest BCUT2D eigenvalue weighted by Gasteiger charge is -2.16. The number of alkyl carbamates (subject to hydrolysis) is 2. The highest BCUT2D eigenvalue weighted by atomic mass is 28.3. The maximum absolute atomic E-state index is 12.9. The van der Waals surface area contributed by atoms with Gasteiger partial charge in [0, 0.05) is 54.1 Å². The summed E-state index contributed by atoms with van der Waals surface area (Å²) >= 11 is 0. The van der Waals surface area contributed by atoms with Crippen LogP contribution in [0.4, 0.5) is 9.59 Å². The number of hydrogen-bond donors (Lipinski definition) is 2. The van der Waals surface area contributed by atoms with Crippen LogP contribution in [0.2, 0.25) is 51.4 Å². The minimum atomic E-state index is -1.15. The van der Waals surface area contributed by atoms with Gasteiger partial charge >= 0.3 is 12.2 Å². The van der Waals surface area contributed by atoms with E-state index in [1.54, 1.807) is 43.6 Å². The molecule has 0 aliphatic carbocycles. The van der Waals surface area contributed by atoms with Crippen LogP contribution in [0.5, 0.6) is 0 Å². The van der Waals surface area contributed by atoms with Gasteiger partial charge in [-0.3, -0.25) is 9.59 Å². The van der Waals surface area contributed by atoms with Crippen molar-refractivity contribution in [3.63, 3.8) is 0 Å². The van der Waals surface area contributed by atoms with Crippen molar-refractivity contribution in [2.24, 2.45) is 0 Å². The van der Waals surface area contributed by atoms with E-state index in [-0.39, 0.29) is 37.9 Å². The molecule has 0 radical (unpaired) electrons. The number of ketones is 2. The predicted octanol–water partition coefficient (Wildman–Crippen LogP) is 7.25. The average molecular weight is 1050 g/mol. The molecule has 0 aliphatic heterocycles. The Morgan fingerprint density at radius 2 is 1.08 bits per heavy atom. The minimum Gasteiger partial charge on any atom is -0.445 e. The van der Waals surface area contributed by atoms with Crippen LogP contribution in [0.1, 0.15) is 61.1 Å². The highest BCUT2D eigenvalue weighted by Crippen LogP contribution is 2.12. The van der Waals surface area contributed by atoms with E-state index in [4.69, 9.17) is 18.9 Å². The number of ether oxygens (including phenoxy) is 4. The number of rotatable bonds is 28. The number of benzene rings is 2. The second-order valence-corrected chi connectivity index (χ2v) is 30.8. The Bertz CT molecular complexity index is 2710. The normalized spacial score (nSPS) is 12.5. The molecule has 0 aliphatic rings. The molecule has 0 saturated carbocycles. The Balaban J connectivity index is 0.000000274. The molecule has 74 heavy (non-hydrogen) atoms. The Morgan fingerprint density at radius 3 is 1.57 bits per heavy atom. The van der Waals surface area contributed by atoms with Gasteiger partial charge in [0.1, 0.15) is 51.4 Å². The summed E-state index contributed by atoms with van der Waals surface area (Å²) in [4.78, 5) is 59.8. The van der Waals surface area contributed by atoms with Crippen molar-refractivity contribution in [3.8, 4) is 0 Å². The molecule has 396 valence electrons. The van der Waals surface area contributed by atoms with Gasteiger partial charge in [-0.15, -0.1) is 15.3 Å². The van der Waals surface area contributed by atoms with E-state index in [0.717, 1.165) is 29.8 Å². The maximum atomic E-state index is 12.9. The van der Waals surface area contributed by atoms with Crippen molar-refractivity contribution in [3.05, 3.63) is 120 Å². The largest absolute Gasteiger partial charge is 0.445 e. The first-order chi connectivity index (χ1) is 35.5. The smallest absolute Gasteiger partial charge is 0.408 e. The number of amides is 2. The van der Waals surface area contributed by atoms with E-state index in [2.05, 4.69) is 90.8 Å². The molecule has 0 spiro atoms. The van der Waals surface area contributed by atoms with Gasteiger partial charge in [-0.05, 0) is 76.0 Å². The van der Waals surface area contributed by atoms with Crippen LogP contribution in [0, 0.1) is 0 Å². The second-order valence-electron chi connectivity index (χ2n) is 19.5. The maximum Gasteiger partial charge on any atom is 0.408 e. The van der Waals surface area contributed by atoms with E-state index in [9.17, 15) is 19.2 Å². The zero-order valence-electron chi connectivity index (χ0n) is 43.7. The van der Waals surface area contributed by atoms with E-state index >= 15 is 0 Å². The number of imidazole rings is 2. The van der Waals surface area contributed by atoms with Crippen LogP contribution in [0.25, 0.3) is 24.3 Å². The quantitative estimate of drug-likeness (QED) is 0.0362. The lowest BCUT2D eigenvalue weighted by molar-refractivity contribution is -0.122.